The summed E-state index contributed by atoms with van der Waals surface area (Å²) in [6.07, 6.45) is -0.894. The highest BCUT2D eigenvalue weighted by atomic mass is 31.3. The summed E-state index contributed by atoms with van der Waals surface area (Å²) in [7, 11) is -8.28. The summed E-state index contributed by atoms with van der Waals surface area (Å²) in [5.41, 5.74) is 1.76. The highest BCUT2D eigenvalue weighted by molar-refractivity contribution is 7.67. The smallest absolute Gasteiger partial charge is 0.412 e. The summed E-state index contributed by atoms with van der Waals surface area (Å²) >= 11 is 0. The molecule has 2 unspecified atom stereocenters. The van der Waals surface area contributed by atoms with Crippen molar-refractivity contribution in [1.29, 1.82) is 0 Å². The van der Waals surface area contributed by atoms with Crippen molar-refractivity contribution in [2.45, 2.75) is 13.2 Å². The molecule has 0 heterocycles. The number of rotatable bonds is 14. The fourth-order valence-electron chi connectivity index (χ4n) is 3.31. The van der Waals surface area contributed by atoms with E-state index in [0.717, 1.165) is 11.1 Å². The van der Waals surface area contributed by atoms with E-state index in [1.54, 1.807) is 60.7 Å². The molecule has 0 bridgehead atoms. The van der Waals surface area contributed by atoms with Gasteiger partial charge in [0.25, 0.3) is 0 Å². The normalized spacial score (nSPS) is 14.3. The molecule has 0 saturated heterocycles. The fraction of sp³-hybridized carbons (Fsp3) is 0.143. The Morgan fingerprint density at radius 3 is 1.14 bits per heavy atom. The molecule has 4 aromatic rings. The first-order chi connectivity index (χ1) is 18.0. The highest BCUT2D eigenvalue weighted by Crippen LogP contribution is 2.64. The Balaban J connectivity index is 1.53. The van der Waals surface area contributed by atoms with Crippen LogP contribution in [0, 0.1) is 0 Å². The third-order valence-corrected chi connectivity index (χ3v) is 8.91. The van der Waals surface area contributed by atoms with Crippen LogP contribution < -0.4 is 9.05 Å². The van der Waals surface area contributed by atoms with Crippen LogP contribution in [-0.4, -0.2) is 12.7 Å². The third kappa shape index (κ3) is 9.01. The van der Waals surface area contributed by atoms with Gasteiger partial charge in [0, 0.05) is 0 Å². The van der Waals surface area contributed by atoms with E-state index in [2.05, 4.69) is 0 Å². The van der Waals surface area contributed by atoms with Gasteiger partial charge in [-0.25, -0.2) is 13.4 Å². The second kappa shape index (κ2) is 13.4. The van der Waals surface area contributed by atoms with Crippen molar-refractivity contribution in [1.82, 2.24) is 0 Å². The number of benzene rings is 4. The number of para-hydroxylation sites is 2. The monoisotopic (exact) mass is 538 g/mol. The predicted octanol–water partition coefficient (Wildman–Crippen LogP) is 7.90. The maximum atomic E-state index is 13.9. The van der Waals surface area contributed by atoms with Gasteiger partial charge in [-0.05, 0) is 35.4 Å². The van der Waals surface area contributed by atoms with Crippen molar-refractivity contribution < 1.29 is 32.0 Å². The Bertz CT molecular complexity index is 1200. The summed E-state index contributed by atoms with van der Waals surface area (Å²) in [6, 6.07) is 35.8. The van der Waals surface area contributed by atoms with Crippen LogP contribution in [0.25, 0.3) is 0 Å². The zero-order valence-electron chi connectivity index (χ0n) is 20.1. The van der Waals surface area contributed by atoms with Crippen molar-refractivity contribution in [2.24, 2.45) is 0 Å². The lowest BCUT2D eigenvalue weighted by Crippen LogP contribution is -2.10. The van der Waals surface area contributed by atoms with E-state index in [1.165, 1.54) is 0 Å². The quantitative estimate of drug-likeness (QED) is 0.151. The predicted molar refractivity (Wildman–Crippen MR) is 143 cm³/mol. The van der Waals surface area contributed by atoms with E-state index in [4.69, 9.17) is 22.8 Å². The molecule has 0 N–H and O–H groups in total. The zero-order chi connectivity index (χ0) is 25.8. The van der Waals surface area contributed by atoms with Crippen molar-refractivity contribution in [3.05, 3.63) is 132 Å². The molecule has 0 fully saturated rings. The van der Waals surface area contributed by atoms with Crippen molar-refractivity contribution in [2.75, 3.05) is 12.7 Å². The van der Waals surface area contributed by atoms with Gasteiger partial charge in [-0.1, -0.05) is 97.1 Å². The molecule has 0 aliphatic heterocycles. The van der Waals surface area contributed by atoms with Gasteiger partial charge in [-0.15, -0.1) is 0 Å². The topological polar surface area (TPSA) is 80.3 Å². The lowest BCUT2D eigenvalue weighted by molar-refractivity contribution is 0.135. The first kappa shape index (κ1) is 26.9. The molecular formula is C28H28O7P2. The molecule has 7 nitrogen and oxygen atoms in total. The Kier molecular flexibility index (Phi) is 9.72. The Labute approximate surface area is 217 Å². The third-order valence-electron chi connectivity index (χ3n) is 4.95. The molecular weight excluding hydrogens is 510 g/mol. The highest BCUT2D eigenvalue weighted by Gasteiger charge is 2.40. The van der Waals surface area contributed by atoms with Crippen molar-refractivity contribution in [3.63, 3.8) is 0 Å². The minimum atomic E-state index is -4.14. The molecule has 0 radical (unpaired) electrons. The fourth-order valence-corrected chi connectivity index (χ4v) is 7.09. The lowest BCUT2D eigenvalue weighted by atomic mass is 10.2. The summed E-state index contributed by atoms with van der Waals surface area (Å²) in [5, 5.41) is 0. The summed E-state index contributed by atoms with van der Waals surface area (Å²) in [4.78, 5) is 0. The van der Waals surface area contributed by atoms with E-state index in [9.17, 15) is 9.13 Å². The van der Waals surface area contributed by atoms with Crippen LogP contribution in [0.3, 0.4) is 0 Å². The molecule has 2 atom stereocenters. The van der Waals surface area contributed by atoms with E-state index in [-0.39, 0.29) is 24.7 Å². The SMILES string of the molecule is O=P(COCc1ccccc1)(Oc1ccccc1)OP(=O)(COCc1ccccc1)Oc1ccccc1. The largest absolute Gasteiger partial charge is 0.423 e. The van der Waals surface area contributed by atoms with Crippen molar-refractivity contribution in [3.8, 4) is 11.5 Å². The van der Waals surface area contributed by atoms with E-state index in [0.29, 0.717) is 0 Å². The molecule has 0 aliphatic carbocycles. The van der Waals surface area contributed by atoms with E-state index >= 15 is 0 Å². The summed E-state index contributed by atoms with van der Waals surface area (Å²) in [6.45, 7) is 0.335. The standard InChI is InChI=1S/C28H28O7P2/c29-36(33-27-17-9-3-10-18-27,23-31-21-25-13-5-1-6-14-25)35-37(30,34-28-19-11-4-12-20-28)24-32-22-26-15-7-2-8-16-26/h1-20H,21-24H2. The van der Waals surface area contributed by atoms with Crippen LogP contribution in [-0.2, 0) is 36.1 Å². The first-order valence-corrected chi connectivity index (χ1v) is 15.1. The molecule has 4 rings (SSSR count). The molecule has 0 aromatic heterocycles. The second-order valence-electron chi connectivity index (χ2n) is 8.04. The van der Waals surface area contributed by atoms with E-state index < -0.39 is 27.9 Å². The van der Waals surface area contributed by atoms with Crippen molar-refractivity contribution >= 4 is 15.2 Å². The van der Waals surface area contributed by atoms with Gasteiger partial charge in [0.1, 0.15) is 11.5 Å². The van der Waals surface area contributed by atoms with E-state index in [1.807, 2.05) is 60.7 Å². The van der Waals surface area contributed by atoms with Crippen LogP contribution in [0.5, 0.6) is 11.5 Å². The average molecular weight is 538 g/mol. The molecule has 192 valence electrons. The van der Waals surface area contributed by atoms with Gasteiger partial charge in [-0.2, -0.15) is 0 Å². The maximum Gasteiger partial charge on any atom is 0.412 e. The molecule has 37 heavy (non-hydrogen) atoms. The Hall–Kier alpha value is -3.18. The molecule has 0 aliphatic rings. The van der Waals surface area contributed by atoms with Gasteiger partial charge in [0.05, 0.1) is 13.2 Å². The minimum Gasteiger partial charge on any atom is -0.423 e. The average Bonchev–Trinajstić information content (AvgIpc) is 2.91. The Morgan fingerprint density at radius 2 is 0.784 bits per heavy atom. The Morgan fingerprint density at radius 1 is 0.459 bits per heavy atom. The number of hydrogen-bond donors (Lipinski definition) is 0. The van der Waals surface area contributed by atoms with Gasteiger partial charge in [0.15, 0.2) is 12.7 Å². The molecule has 0 amide bonds. The molecule has 0 spiro atoms. The van der Waals surface area contributed by atoms with Crippen LogP contribution in [0.2, 0.25) is 0 Å². The second-order valence-corrected chi connectivity index (χ2v) is 12.0. The minimum absolute atomic E-state index is 0.167. The summed E-state index contributed by atoms with van der Waals surface area (Å²) in [5.74, 6) is 0.566. The molecule has 9 heteroatoms. The zero-order valence-corrected chi connectivity index (χ0v) is 21.9. The van der Waals surface area contributed by atoms with Gasteiger partial charge in [0.2, 0.25) is 0 Å². The molecule has 4 aromatic carbocycles. The lowest BCUT2D eigenvalue weighted by Gasteiger charge is -2.25. The summed E-state index contributed by atoms with van der Waals surface area (Å²) < 4.78 is 56.5. The van der Waals surface area contributed by atoms with Crippen LogP contribution in [0.4, 0.5) is 0 Å². The van der Waals surface area contributed by atoms with Crippen LogP contribution >= 0.6 is 15.2 Å². The van der Waals surface area contributed by atoms with Gasteiger partial charge < -0.3 is 18.5 Å². The van der Waals surface area contributed by atoms with Crippen LogP contribution in [0.1, 0.15) is 11.1 Å². The molecule has 0 saturated carbocycles. The van der Waals surface area contributed by atoms with Crippen LogP contribution in [0.15, 0.2) is 121 Å². The maximum absolute atomic E-state index is 13.9. The number of hydrogen-bond acceptors (Lipinski definition) is 7. The van der Waals surface area contributed by atoms with Gasteiger partial charge in [-0.3, -0.25) is 0 Å². The van der Waals surface area contributed by atoms with Gasteiger partial charge >= 0.3 is 15.2 Å². The first-order valence-electron chi connectivity index (χ1n) is 11.6. The number of ether oxygens (including phenoxy) is 2.